The van der Waals surface area contributed by atoms with Crippen LogP contribution in [-0.2, 0) is 47.0 Å². The molecule has 0 N–H and O–H groups in total. The Morgan fingerprint density at radius 3 is 1.49 bits per heavy atom. The van der Waals surface area contributed by atoms with E-state index in [1.165, 1.54) is 0 Å². The van der Waals surface area contributed by atoms with Crippen LogP contribution in [0.5, 0.6) is 0 Å². The first kappa shape index (κ1) is 36.6. The Kier molecular flexibility index (Phi) is 11.9. The molecule has 43 heavy (non-hydrogen) atoms. The Morgan fingerprint density at radius 2 is 1.05 bits per heavy atom. The molecule has 0 spiro atoms. The third kappa shape index (κ3) is 10.8. The molecular weight excluding hydrogens is 576 g/mol. The van der Waals surface area contributed by atoms with Gasteiger partial charge in [-0.05, 0) is 95.2 Å². The smallest absolute Gasteiger partial charge is 0.311 e. The minimum atomic E-state index is -1.36. The maximum Gasteiger partial charge on any atom is 0.311 e. The number of esters is 4. The van der Waals surface area contributed by atoms with Crippen molar-refractivity contribution in [2.75, 3.05) is 6.61 Å². The van der Waals surface area contributed by atoms with Crippen molar-refractivity contribution in [1.82, 2.24) is 0 Å². The number of rotatable bonds is 8. The van der Waals surface area contributed by atoms with Crippen LogP contribution in [0.1, 0.15) is 83.1 Å². The second-order valence-electron chi connectivity index (χ2n) is 14.7. The van der Waals surface area contributed by atoms with Crippen molar-refractivity contribution >= 4 is 35.9 Å². The molecule has 1 fully saturated rings. The summed E-state index contributed by atoms with van der Waals surface area (Å²) in [6, 6.07) is 9.14. The molecule has 0 aromatic heterocycles. The van der Waals surface area contributed by atoms with E-state index >= 15 is 0 Å². The predicted molar refractivity (Wildman–Crippen MR) is 160 cm³/mol. The van der Waals surface area contributed by atoms with E-state index in [-0.39, 0.29) is 6.61 Å². The summed E-state index contributed by atoms with van der Waals surface area (Å²) in [5.41, 5.74) is -3.67. The van der Waals surface area contributed by atoms with Crippen molar-refractivity contribution in [1.29, 1.82) is 0 Å². The summed E-state index contributed by atoms with van der Waals surface area (Å²) in [5.74, 6) is -2.38. The molecule has 1 heterocycles. The number of carbonyl (C=O) groups is 4. The van der Waals surface area contributed by atoms with Crippen molar-refractivity contribution in [3.63, 3.8) is 0 Å². The lowest BCUT2D eigenvalue weighted by atomic mass is 9.93. The van der Waals surface area contributed by atoms with Crippen LogP contribution >= 0.6 is 12.0 Å². The minimum Gasteiger partial charge on any atom is -0.462 e. The van der Waals surface area contributed by atoms with Gasteiger partial charge in [0.15, 0.2) is 18.3 Å². The highest BCUT2D eigenvalue weighted by Crippen LogP contribution is 2.36. The van der Waals surface area contributed by atoms with E-state index in [4.69, 9.17) is 27.9 Å². The minimum absolute atomic E-state index is 0.350. The molecule has 1 aromatic carbocycles. The van der Waals surface area contributed by atoms with Crippen LogP contribution in [0, 0.1) is 21.7 Å². The second kappa shape index (κ2) is 14.0. The molecule has 1 aromatic rings. The largest absolute Gasteiger partial charge is 0.462 e. The summed E-state index contributed by atoms with van der Waals surface area (Å²) in [7, 11) is 0. The third-order valence-electron chi connectivity index (χ3n) is 6.13. The topological polar surface area (TPSA) is 124 Å². The lowest BCUT2D eigenvalue weighted by Gasteiger charge is -2.45. The molecule has 1 saturated heterocycles. The van der Waals surface area contributed by atoms with Crippen LogP contribution in [0.25, 0.3) is 0 Å². The number of hydrogen-bond acceptors (Lipinski definition) is 11. The van der Waals surface area contributed by atoms with Crippen LogP contribution < -0.4 is 0 Å². The van der Waals surface area contributed by atoms with Gasteiger partial charge in [-0.2, -0.15) is 0 Å². The first-order valence-electron chi connectivity index (χ1n) is 14.4. The van der Waals surface area contributed by atoms with Crippen molar-refractivity contribution in [2.24, 2.45) is 21.7 Å². The van der Waals surface area contributed by atoms with Gasteiger partial charge in [0.05, 0.1) is 21.7 Å². The van der Waals surface area contributed by atoms with Crippen molar-refractivity contribution in [2.45, 2.75) is 119 Å². The molecule has 0 unspecified atom stereocenters. The lowest BCUT2D eigenvalue weighted by molar-refractivity contribution is -0.291. The third-order valence-corrected chi connectivity index (χ3v) is 6.88. The van der Waals surface area contributed by atoms with Gasteiger partial charge in [0, 0.05) is 16.9 Å². The van der Waals surface area contributed by atoms with E-state index in [9.17, 15) is 19.2 Å². The Bertz CT molecular complexity index is 1120. The van der Waals surface area contributed by atoms with Gasteiger partial charge in [0.1, 0.15) is 12.7 Å². The molecule has 0 saturated carbocycles. The van der Waals surface area contributed by atoms with E-state index < -0.39 is 76.2 Å². The van der Waals surface area contributed by atoms with Gasteiger partial charge in [0.25, 0.3) is 0 Å². The number of ether oxygens (including phenoxy) is 5. The summed E-state index contributed by atoms with van der Waals surface area (Å²) in [4.78, 5) is 53.2. The van der Waals surface area contributed by atoms with Gasteiger partial charge in [-0.25, -0.2) is 0 Å². The normalized spacial score (nSPS) is 23.2. The molecule has 242 valence electrons. The van der Waals surface area contributed by atoms with Gasteiger partial charge >= 0.3 is 23.9 Å². The summed E-state index contributed by atoms with van der Waals surface area (Å²) in [5, 5.41) is 0. The average Bonchev–Trinajstić information content (AvgIpc) is 2.86. The fourth-order valence-corrected chi connectivity index (χ4v) is 3.98. The van der Waals surface area contributed by atoms with Crippen LogP contribution in [0.2, 0.25) is 0 Å². The van der Waals surface area contributed by atoms with Crippen molar-refractivity contribution < 1.29 is 47.0 Å². The van der Waals surface area contributed by atoms with E-state index in [2.05, 4.69) is 0 Å². The molecule has 0 aliphatic carbocycles. The highest BCUT2D eigenvalue weighted by atomic mass is 32.2. The highest BCUT2D eigenvalue weighted by Gasteiger charge is 2.55. The maximum atomic E-state index is 13.3. The Hall–Kier alpha value is -2.63. The fraction of sp³-hybridized carbons (Fsp3) is 0.688. The lowest BCUT2D eigenvalue weighted by Crippen LogP contribution is -2.64. The first-order valence-corrected chi connectivity index (χ1v) is 15.1. The second-order valence-corrected chi connectivity index (χ2v) is 15.6. The van der Waals surface area contributed by atoms with E-state index in [0.29, 0.717) is 0 Å². The van der Waals surface area contributed by atoms with Gasteiger partial charge in [-0.3, -0.25) is 23.4 Å². The van der Waals surface area contributed by atoms with Crippen LogP contribution in [0.4, 0.5) is 0 Å². The molecule has 0 amide bonds. The number of benzene rings is 1. The zero-order valence-corrected chi connectivity index (χ0v) is 28.3. The molecule has 5 atom stereocenters. The summed E-state index contributed by atoms with van der Waals surface area (Å²) < 4.78 is 35.8. The number of hydrogen-bond donors (Lipinski definition) is 0. The molecule has 0 radical (unpaired) electrons. The molecular formula is C32H48O10S. The molecule has 0 bridgehead atoms. The zero-order chi connectivity index (χ0) is 33.0. The standard InChI is InChI=1S/C32H48O10S/c1-29(2,3)25(33)37-18-20-21(39-26(34)30(4,5)6)22(40-27(35)31(7,8)9)23(41-28(36)32(10,11)12)24(38-20)42-43-19-16-14-13-15-17-19/h13-17,20-24H,18H2,1-12H3/t20-,21+,22+,23-,24+/m1/s1. The average molecular weight is 625 g/mol. The van der Waals surface area contributed by atoms with Crippen molar-refractivity contribution in [3.8, 4) is 0 Å². The summed E-state index contributed by atoms with van der Waals surface area (Å²) in [6.45, 7) is 19.8. The fourth-order valence-electron chi connectivity index (χ4n) is 3.35. The van der Waals surface area contributed by atoms with Gasteiger partial charge in [0.2, 0.25) is 6.29 Å². The first-order chi connectivity index (χ1) is 19.5. The maximum absolute atomic E-state index is 13.3. The van der Waals surface area contributed by atoms with E-state index in [0.717, 1.165) is 16.9 Å². The van der Waals surface area contributed by atoms with Gasteiger partial charge in [-0.15, -0.1) is 0 Å². The highest BCUT2D eigenvalue weighted by molar-refractivity contribution is 7.94. The molecule has 10 nitrogen and oxygen atoms in total. The Balaban J connectivity index is 2.64. The van der Waals surface area contributed by atoms with Gasteiger partial charge < -0.3 is 23.7 Å². The quantitative estimate of drug-likeness (QED) is 0.195. The Labute approximate surface area is 260 Å². The summed E-state index contributed by atoms with van der Waals surface area (Å²) in [6.07, 6.45) is -6.47. The van der Waals surface area contributed by atoms with Crippen LogP contribution in [0.15, 0.2) is 35.2 Å². The molecule has 2 rings (SSSR count). The van der Waals surface area contributed by atoms with E-state index in [1.807, 2.05) is 30.3 Å². The molecule has 11 heteroatoms. The van der Waals surface area contributed by atoms with Crippen LogP contribution in [0.3, 0.4) is 0 Å². The number of carbonyl (C=O) groups excluding carboxylic acids is 4. The monoisotopic (exact) mass is 624 g/mol. The van der Waals surface area contributed by atoms with Gasteiger partial charge in [-0.1, -0.05) is 18.2 Å². The van der Waals surface area contributed by atoms with Crippen molar-refractivity contribution in [3.05, 3.63) is 30.3 Å². The molecule has 1 aliphatic rings. The van der Waals surface area contributed by atoms with Crippen LogP contribution in [-0.4, -0.2) is 61.2 Å². The zero-order valence-electron chi connectivity index (χ0n) is 27.5. The summed E-state index contributed by atoms with van der Waals surface area (Å²) >= 11 is 0.970. The Morgan fingerprint density at radius 1 is 0.628 bits per heavy atom. The van der Waals surface area contributed by atoms with E-state index in [1.54, 1.807) is 83.1 Å². The molecule has 1 aliphatic heterocycles. The SMILES string of the molecule is CC(C)(C)C(=O)OC[C@H]1O[C@@H](OSc2ccccc2)[C@H](OC(=O)C(C)(C)C)[C@@H](OC(=O)C(C)(C)C)[C@H]1OC(=O)C(C)(C)C. The predicted octanol–water partition coefficient (Wildman–Crippen LogP) is 5.90.